The van der Waals surface area contributed by atoms with E-state index in [1.54, 1.807) is 12.2 Å². The Kier molecular flexibility index (Phi) is 40.2. The molecule has 0 heterocycles. The molecule has 0 aromatic heterocycles. The molecule has 0 aliphatic rings. The van der Waals surface area contributed by atoms with Crippen LogP contribution in [0.3, 0.4) is 0 Å². The van der Waals surface area contributed by atoms with E-state index in [0.29, 0.717) is 0 Å². The summed E-state index contributed by atoms with van der Waals surface area (Å²) < 4.78 is 0. The van der Waals surface area contributed by atoms with Crippen molar-refractivity contribution >= 4 is 11.9 Å². The van der Waals surface area contributed by atoms with Crippen molar-refractivity contribution in [2.75, 3.05) is 0 Å². The molecule has 0 amide bonds. The number of carboxylic acid groups (broad SMARTS) is 2. The van der Waals surface area contributed by atoms with Crippen molar-refractivity contribution in [1.29, 1.82) is 0 Å². The second-order valence-corrected chi connectivity index (χ2v) is 14.8. The topological polar surface area (TPSA) is 74.6 Å². The van der Waals surface area contributed by atoms with E-state index < -0.39 is 11.9 Å². The van der Waals surface area contributed by atoms with E-state index in [0.717, 1.165) is 25.7 Å². The van der Waals surface area contributed by atoms with Gasteiger partial charge in [-0.3, -0.25) is 0 Å². The summed E-state index contributed by atoms with van der Waals surface area (Å²) in [5, 5.41) is 17.1. The fourth-order valence-electron chi connectivity index (χ4n) is 6.90. The average molecular weight is 675 g/mol. The first-order valence-corrected chi connectivity index (χ1v) is 21.4. The highest BCUT2D eigenvalue weighted by molar-refractivity contribution is 5.79. The normalized spacial score (nSPS) is 11.8. The maximum Gasteiger partial charge on any atom is 0.327 e. The van der Waals surface area contributed by atoms with Crippen LogP contribution in [0.2, 0.25) is 0 Å². The predicted molar refractivity (Wildman–Crippen MR) is 209 cm³/mol. The quantitative estimate of drug-likeness (QED) is 0.0500. The third-order valence-corrected chi connectivity index (χ3v) is 10.0. The van der Waals surface area contributed by atoms with E-state index in [1.165, 1.54) is 230 Å². The summed E-state index contributed by atoms with van der Waals surface area (Å²) in [4.78, 5) is 20.8. The van der Waals surface area contributed by atoms with Gasteiger partial charge in [0, 0.05) is 12.2 Å². The lowest BCUT2D eigenvalue weighted by atomic mass is 10.0. The molecular formula is C44H82O4. The average Bonchev–Trinajstić information content (AvgIpc) is 3.06. The number of carbonyl (C=O) groups is 2. The molecule has 0 radical (unpaired) electrons. The highest BCUT2D eigenvalue weighted by Gasteiger charge is 1.98. The Morgan fingerprint density at radius 1 is 0.250 bits per heavy atom. The van der Waals surface area contributed by atoms with Crippen LogP contribution in [0.1, 0.15) is 244 Å². The number of hydrogen-bond donors (Lipinski definition) is 2. The van der Waals surface area contributed by atoms with E-state index in [2.05, 4.69) is 0 Å². The zero-order valence-electron chi connectivity index (χ0n) is 31.9. The zero-order chi connectivity index (χ0) is 34.9. The second-order valence-electron chi connectivity index (χ2n) is 14.8. The molecule has 0 fully saturated rings. The standard InChI is InChI=1S/C44H82O4/c45-43(46)41-39-37-35-33-31-29-27-25-23-21-19-17-15-13-11-9-7-5-3-1-2-4-6-8-10-12-14-16-18-20-22-24-26-28-30-32-34-36-38-40-42-44(47)48/h39-42H,1-38H2,(H,45,46)(H,47,48). The first-order chi connectivity index (χ1) is 23.6. The van der Waals surface area contributed by atoms with Gasteiger partial charge >= 0.3 is 11.9 Å². The summed E-state index contributed by atoms with van der Waals surface area (Å²) >= 11 is 0. The molecule has 48 heavy (non-hydrogen) atoms. The molecule has 0 saturated heterocycles. The lowest BCUT2D eigenvalue weighted by Gasteiger charge is -2.05. The van der Waals surface area contributed by atoms with E-state index in [4.69, 9.17) is 10.2 Å². The Morgan fingerprint density at radius 2 is 0.375 bits per heavy atom. The summed E-state index contributed by atoms with van der Waals surface area (Å²) in [7, 11) is 0. The number of allylic oxidation sites excluding steroid dienone is 2. The van der Waals surface area contributed by atoms with Crippen molar-refractivity contribution in [3.8, 4) is 0 Å². The molecular weight excluding hydrogens is 592 g/mol. The van der Waals surface area contributed by atoms with Gasteiger partial charge in [-0.15, -0.1) is 0 Å². The maximum absolute atomic E-state index is 10.4. The molecule has 0 atom stereocenters. The van der Waals surface area contributed by atoms with E-state index in [-0.39, 0.29) is 0 Å². The first-order valence-electron chi connectivity index (χ1n) is 21.4. The fraction of sp³-hybridized carbons (Fsp3) is 0.864. The van der Waals surface area contributed by atoms with Crippen LogP contribution in [-0.4, -0.2) is 22.2 Å². The number of rotatable bonds is 41. The van der Waals surface area contributed by atoms with Crippen LogP contribution >= 0.6 is 0 Å². The highest BCUT2D eigenvalue weighted by Crippen LogP contribution is 2.17. The van der Waals surface area contributed by atoms with Gasteiger partial charge in [-0.2, -0.15) is 0 Å². The molecule has 2 N–H and O–H groups in total. The summed E-state index contributed by atoms with van der Waals surface area (Å²) in [6.07, 6.45) is 58.1. The van der Waals surface area contributed by atoms with Crippen LogP contribution in [0.5, 0.6) is 0 Å². The molecule has 4 heteroatoms. The highest BCUT2D eigenvalue weighted by atomic mass is 16.4. The largest absolute Gasteiger partial charge is 0.478 e. The van der Waals surface area contributed by atoms with Crippen molar-refractivity contribution < 1.29 is 19.8 Å². The molecule has 0 spiro atoms. The van der Waals surface area contributed by atoms with Gasteiger partial charge in [0.25, 0.3) is 0 Å². The minimum atomic E-state index is -0.832. The molecule has 0 rings (SSSR count). The Hall–Kier alpha value is -1.58. The molecule has 0 aromatic carbocycles. The van der Waals surface area contributed by atoms with Gasteiger partial charge in [0.15, 0.2) is 0 Å². The van der Waals surface area contributed by atoms with Crippen LogP contribution in [0.25, 0.3) is 0 Å². The van der Waals surface area contributed by atoms with E-state index in [9.17, 15) is 9.59 Å². The van der Waals surface area contributed by atoms with Gasteiger partial charge in [-0.05, 0) is 25.7 Å². The fourth-order valence-corrected chi connectivity index (χ4v) is 6.90. The van der Waals surface area contributed by atoms with Crippen LogP contribution in [0.4, 0.5) is 0 Å². The Morgan fingerprint density at radius 3 is 0.500 bits per heavy atom. The van der Waals surface area contributed by atoms with Crippen LogP contribution < -0.4 is 0 Å². The van der Waals surface area contributed by atoms with Crippen molar-refractivity contribution in [2.24, 2.45) is 0 Å². The first kappa shape index (κ1) is 46.4. The molecule has 282 valence electrons. The van der Waals surface area contributed by atoms with Gasteiger partial charge in [0.05, 0.1) is 0 Å². The Balaban J connectivity index is 3.08. The van der Waals surface area contributed by atoms with E-state index in [1.807, 2.05) is 0 Å². The van der Waals surface area contributed by atoms with Crippen molar-refractivity contribution in [3.05, 3.63) is 24.3 Å². The summed E-state index contributed by atoms with van der Waals surface area (Å²) in [5.74, 6) is -1.66. The number of hydrogen-bond acceptors (Lipinski definition) is 2. The van der Waals surface area contributed by atoms with Gasteiger partial charge in [0.2, 0.25) is 0 Å². The van der Waals surface area contributed by atoms with Crippen LogP contribution in [-0.2, 0) is 9.59 Å². The number of carboxylic acids is 2. The molecule has 0 aliphatic carbocycles. The third-order valence-electron chi connectivity index (χ3n) is 10.0. The summed E-state index contributed by atoms with van der Waals surface area (Å²) in [5.41, 5.74) is 0. The lowest BCUT2D eigenvalue weighted by molar-refractivity contribution is -0.132. The Bertz CT molecular complexity index is 653. The van der Waals surface area contributed by atoms with Crippen molar-refractivity contribution in [3.63, 3.8) is 0 Å². The molecule has 0 bridgehead atoms. The smallest absolute Gasteiger partial charge is 0.327 e. The molecule has 0 saturated carbocycles. The second kappa shape index (κ2) is 41.6. The van der Waals surface area contributed by atoms with E-state index >= 15 is 0 Å². The minimum absolute atomic E-state index is 0.832. The molecule has 0 aromatic rings. The van der Waals surface area contributed by atoms with Gasteiger partial charge < -0.3 is 10.2 Å². The SMILES string of the molecule is O=C(O)C=CCCCCCCCCCCCCCCCCCCCCCCCCCCCCCCCCCCCCCCC=CC(=O)O. The van der Waals surface area contributed by atoms with Crippen LogP contribution in [0.15, 0.2) is 24.3 Å². The Labute approximate surface area is 299 Å². The number of unbranched alkanes of at least 4 members (excludes halogenated alkanes) is 37. The predicted octanol–water partition coefficient (Wildman–Crippen LogP) is 15.1. The van der Waals surface area contributed by atoms with Gasteiger partial charge in [-0.25, -0.2) is 9.59 Å². The minimum Gasteiger partial charge on any atom is -0.478 e. The van der Waals surface area contributed by atoms with Crippen molar-refractivity contribution in [1.82, 2.24) is 0 Å². The third kappa shape index (κ3) is 44.4. The summed E-state index contributed by atoms with van der Waals surface area (Å²) in [6, 6.07) is 0. The number of aliphatic carboxylic acids is 2. The monoisotopic (exact) mass is 675 g/mol. The zero-order valence-corrected chi connectivity index (χ0v) is 31.9. The summed E-state index contributed by atoms with van der Waals surface area (Å²) in [6.45, 7) is 0. The van der Waals surface area contributed by atoms with Gasteiger partial charge in [-0.1, -0.05) is 230 Å². The van der Waals surface area contributed by atoms with Crippen molar-refractivity contribution in [2.45, 2.75) is 244 Å². The molecule has 0 aliphatic heterocycles. The molecule has 0 unspecified atom stereocenters. The lowest BCUT2D eigenvalue weighted by Crippen LogP contribution is -1.86. The van der Waals surface area contributed by atoms with Gasteiger partial charge in [0.1, 0.15) is 0 Å². The van der Waals surface area contributed by atoms with Crippen LogP contribution in [0, 0.1) is 0 Å². The molecule has 4 nitrogen and oxygen atoms in total. The maximum atomic E-state index is 10.4.